The van der Waals surface area contributed by atoms with Gasteiger partial charge in [-0.2, -0.15) is 0 Å². The molecule has 0 radical (unpaired) electrons. The number of halogens is 1. The molecule has 3 atom stereocenters. The molecular formula is C25H32FN7O2S2. The van der Waals surface area contributed by atoms with E-state index in [0.29, 0.717) is 40.8 Å². The van der Waals surface area contributed by atoms with Gasteiger partial charge in [-0.05, 0) is 38.4 Å². The van der Waals surface area contributed by atoms with Gasteiger partial charge in [-0.3, -0.25) is 9.59 Å². The van der Waals surface area contributed by atoms with Crippen molar-refractivity contribution in [1.82, 2.24) is 30.4 Å². The lowest BCUT2D eigenvalue weighted by molar-refractivity contribution is -0.134. The van der Waals surface area contributed by atoms with Crippen LogP contribution in [-0.2, 0) is 17.8 Å². The minimum absolute atomic E-state index is 0.0430. The first kappa shape index (κ1) is 27.1. The molecule has 0 aromatic carbocycles. The second-order valence-corrected chi connectivity index (χ2v) is 11.2. The van der Waals surface area contributed by atoms with Crippen LogP contribution in [0.2, 0.25) is 0 Å². The van der Waals surface area contributed by atoms with Crippen molar-refractivity contribution in [3.8, 4) is 0 Å². The number of carbonyl (C=O) groups is 2. The summed E-state index contributed by atoms with van der Waals surface area (Å²) in [4.78, 5) is 39.8. The Morgan fingerprint density at radius 3 is 2.73 bits per heavy atom. The van der Waals surface area contributed by atoms with Gasteiger partial charge in [-0.25, -0.2) is 14.4 Å². The topological polar surface area (TPSA) is 102 Å². The van der Waals surface area contributed by atoms with Crippen LogP contribution in [0.3, 0.4) is 0 Å². The van der Waals surface area contributed by atoms with Gasteiger partial charge in [0.1, 0.15) is 16.6 Å². The van der Waals surface area contributed by atoms with Crippen molar-refractivity contribution in [2.75, 3.05) is 33.0 Å². The van der Waals surface area contributed by atoms with Crippen molar-refractivity contribution < 1.29 is 14.0 Å². The fourth-order valence-electron chi connectivity index (χ4n) is 4.66. The van der Waals surface area contributed by atoms with Crippen LogP contribution < -0.4 is 16.0 Å². The van der Waals surface area contributed by atoms with Gasteiger partial charge in [0.25, 0.3) is 5.91 Å². The predicted molar refractivity (Wildman–Crippen MR) is 146 cm³/mol. The molecule has 0 saturated heterocycles. The summed E-state index contributed by atoms with van der Waals surface area (Å²) in [5, 5.41) is 9.85. The molecule has 2 aliphatic rings. The van der Waals surface area contributed by atoms with Crippen LogP contribution in [0.1, 0.15) is 39.6 Å². The third-order valence-electron chi connectivity index (χ3n) is 6.67. The molecule has 12 heteroatoms. The summed E-state index contributed by atoms with van der Waals surface area (Å²) in [6.45, 7) is 5.68. The first-order chi connectivity index (χ1) is 17.6. The van der Waals surface area contributed by atoms with Crippen LogP contribution >= 0.6 is 23.6 Å². The summed E-state index contributed by atoms with van der Waals surface area (Å²) in [6.07, 6.45) is 3.72. The van der Waals surface area contributed by atoms with E-state index < -0.39 is 5.82 Å². The Labute approximate surface area is 225 Å². The van der Waals surface area contributed by atoms with Crippen molar-refractivity contribution >= 4 is 46.2 Å². The van der Waals surface area contributed by atoms with Crippen LogP contribution in [0.5, 0.6) is 0 Å². The first-order valence-electron chi connectivity index (χ1n) is 12.2. The number of carbonyl (C=O) groups excluding carboxylic acids is 2. The van der Waals surface area contributed by atoms with E-state index in [1.807, 2.05) is 0 Å². The van der Waals surface area contributed by atoms with Gasteiger partial charge < -0.3 is 25.8 Å². The lowest BCUT2D eigenvalue weighted by Crippen LogP contribution is -2.56. The van der Waals surface area contributed by atoms with Crippen LogP contribution in [0.15, 0.2) is 30.6 Å². The average Bonchev–Trinajstić information content (AvgIpc) is 3.29. The number of thiazole rings is 1. The van der Waals surface area contributed by atoms with Crippen LogP contribution in [0, 0.1) is 11.7 Å². The zero-order valence-electron chi connectivity index (χ0n) is 21.2. The Hall–Kier alpha value is -2.96. The Morgan fingerprint density at radius 2 is 2.03 bits per heavy atom. The lowest BCUT2D eigenvalue weighted by Gasteiger charge is -2.37. The monoisotopic (exact) mass is 545 g/mol. The van der Waals surface area contributed by atoms with Gasteiger partial charge in [0.15, 0.2) is 5.01 Å². The lowest BCUT2D eigenvalue weighted by atomic mass is 9.81. The maximum Gasteiger partial charge on any atom is 0.280 e. The van der Waals surface area contributed by atoms with Gasteiger partial charge in [-0.15, -0.1) is 11.3 Å². The van der Waals surface area contributed by atoms with Crippen molar-refractivity contribution in [2.24, 2.45) is 5.92 Å². The molecule has 2 aromatic rings. The van der Waals surface area contributed by atoms with E-state index in [4.69, 9.17) is 12.2 Å². The summed E-state index contributed by atoms with van der Waals surface area (Å²) < 4.78 is 13.2. The molecule has 1 aliphatic heterocycles. The molecule has 198 valence electrons. The summed E-state index contributed by atoms with van der Waals surface area (Å²) in [5.74, 6) is -0.418. The highest BCUT2D eigenvalue weighted by Gasteiger charge is 2.36. The van der Waals surface area contributed by atoms with Crippen LogP contribution in [0.4, 0.5) is 10.2 Å². The molecule has 0 unspecified atom stereocenters. The number of aromatic nitrogens is 2. The third kappa shape index (κ3) is 6.68. The molecule has 0 spiro atoms. The minimum Gasteiger partial charge on any atom is -0.370 e. The van der Waals surface area contributed by atoms with Gasteiger partial charge >= 0.3 is 0 Å². The number of anilines is 1. The molecule has 9 nitrogen and oxygen atoms in total. The van der Waals surface area contributed by atoms with E-state index in [0.717, 1.165) is 36.3 Å². The molecule has 3 heterocycles. The van der Waals surface area contributed by atoms with E-state index in [1.165, 1.54) is 23.5 Å². The number of hydrogen-bond acceptors (Lipinski definition) is 8. The van der Waals surface area contributed by atoms with E-state index in [2.05, 4.69) is 44.4 Å². The van der Waals surface area contributed by atoms with Crippen LogP contribution in [0.25, 0.3) is 0 Å². The number of nitrogens with one attached hydrogen (secondary N) is 3. The summed E-state index contributed by atoms with van der Waals surface area (Å²) in [6, 6.07) is 2.24. The Bertz CT molecular complexity index is 1180. The Balaban J connectivity index is 1.45. The first-order valence-corrected chi connectivity index (χ1v) is 13.4. The molecule has 1 saturated carbocycles. The van der Waals surface area contributed by atoms with Crippen LogP contribution in [-0.4, -0.2) is 76.3 Å². The van der Waals surface area contributed by atoms with Crippen molar-refractivity contribution in [3.05, 3.63) is 52.0 Å². The standard InChI is InChI=1S/C25H32FN7O2S2/c1-14(28-21-8-6-16(26)12-27-21)23(36)30-17-7-5-15(25(35)32(2)3)11-19(17)29-22(34)24-31-18-9-10-33(4)13-20(18)37-24/h6,8,12,15,17,19H,1,5,7,9-11,13H2,2-4H3,(H,27,28)(H,29,34)(H,30,36)/t15-,17-,19+/m0/s1. The average molecular weight is 546 g/mol. The fraction of sp³-hybridized carbons (Fsp3) is 0.480. The molecule has 2 amide bonds. The molecule has 37 heavy (non-hydrogen) atoms. The minimum atomic E-state index is -0.437. The molecule has 1 aliphatic carbocycles. The molecular weight excluding hydrogens is 513 g/mol. The zero-order valence-corrected chi connectivity index (χ0v) is 22.8. The summed E-state index contributed by atoms with van der Waals surface area (Å²) in [5.41, 5.74) is 1.40. The number of rotatable bonds is 7. The molecule has 3 N–H and O–H groups in total. The molecule has 2 aromatic heterocycles. The summed E-state index contributed by atoms with van der Waals surface area (Å²) in [7, 11) is 5.54. The number of pyridine rings is 1. The number of amides is 2. The second kappa shape index (κ2) is 11.6. The highest BCUT2D eigenvalue weighted by Crippen LogP contribution is 2.28. The van der Waals surface area contributed by atoms with Gasteiger partial charge in [0, 0.05) is 50.4 Å². The predicted octanol–water partition coefficient (Wildman–Crippen LogP) is 2.56. The van der Waals surface area contributed by atoms with Gasteiger partial charge in [0.2, 0.25) is 5.91 Å². The van der Waals surface area contributed by atoms with Gasteiger partial charge in [-0.1, -0.05) is 18.8 Å². The number of likely N-dealkylation sites (N-methyl/N-ethyl adjacent to an activating group) is 1. The summed E-state index contributed by atoms with van der Waals surface area (Å²) >= 11 is 6.98. The van der Waals surface area contributed by atoms with E-state index >= 15 is 0 Å². The number of hydrogen-bond donors (Lipinski definition) is 3. The highest BCUT2D eigenvalue weighted by molar-refractivity contribution is 7.80. The van der Waals surface area contributed by atoms with Gasteiger partial charge in [0.05, 0.1) is 23.6 Å². The molecule has 0 bridgehead atoms. The molecule has 1 fully saturated rings. The SMILES string of the molecule is C=C(Nc1ccc(F)cn1)C(=S)N[C@H]1CC[C@H](C(=O)N(C)C)C[C@H]1NC(=O)c1nc2c(s1)CN(C)CC2. The maximum absolute atomic E-state index is 13.3. The van der Waals surface area contributed by atoms with Crippen molar-refractivity contribution in [2.45, 2.75) is 44.3 Å². The normalized spacial score (nSPS) is 21.5. The molecule has 4 rings (SSSR count). The Kier molecular flexibility index (Phi) is 8.50. The van der Waals surface area contributed by atoms with E-state index in [-0.39, 0.29) is 29.8 Å². The fourth-order valence-corrected chi connectivity index (χ4v) is 5.95. The van der Waals surface area contributed by atoms with Crippen molar-refractivity contribution in [1.29, 1.82) is 0 Å². The van der Waals surface area contributed by atoms with E-state index in [9.17, 15) is 14.0 Å². The Morgan fingerprint density at radius 1 is 1.24 bits per heavy atom. The van der Waals surface area contributed by atoms with Crippen molar-refractivity contribution in [3.63, 3.8) is 0 Å². The smallest absolute Gasteiger partial charge is 0.280 e. The second-order valence-electron chi connectivity index (χ2n) is 9.74. The van der Waals surface area contributed by atoms with E-state index in [1.54, 1.807) is 19.0 Å². The number of thiocarbonyl (C=S) groups is 1. The maximum atomic E-state index is 13.3. The largest absolute Gasteiger partial charge is 0.370 e. The number of fused-ring (bicyclic) bond motifs is 1. The number of nitrogens with zero attached hydrogens (tertiary/aromatic N) is 4. The zero-order chi connectivity index (χ0) is 26.7. The highest BCUT2D eigenvalue weighted by atomic mass is 32.1. The quantitative estimate of drug-likeness (QED) is 0.361. The third-order valence-corrected chi connectivity index (χ3v) is 8.12.